The first-order valence-electron chi connectivity index (χ1n) is 3.98. The Morgan fingerprint density at radius 3 is 2.43 bits per heavy atom. The second-order valence-electron chi connectivity index (χ2n) is 2.77. The summed E-state index contributed by atoms with van der Waals surface area (Å²) in [6.07, 6.45) is 0. The van der Waals surface area contributed by atoms with Gasteiger partial charge in [0.25, 0.3) is 5.91 Å². The Hall–Kier alpha value is -1.75. The monoisotopic (exact) mass is 205 g/mol. The lowest BCUT2D eigenvalue weighted by Crippen LogP contribution is -2.28. The molecular formula is C9H7N3OS. The highest BCUT2D eigenvalue weighted by atomic mass is 32.1. The van der Waals surface area contributed by atoms with E-state index in [2.05, 4.69) is 5.10 Å². The lowest BCUT2D eigenvalue weighted by atomic mass is 10.3. The first-order chi connectivity index (χ1) is 6.70. The van der Waals surface area contributed by atoms with Crippen molar-refractivity contribution in [3.05, 3.63) is 30.3 Å². The molecule has 1 aromatic carbocycles. The molecule has 1 aliphatic heterocycles. The molecule has 0 saturated heterocycles. The number of benzene rings is 1. The van der Waals surface area contributed by atoms with E-state index in [0.717, 1.165) is 0 Å². The summed E-state index contributed by atoms with van der Waals surface area (Å²) in [6.45, 7) is 0. The topological polar surface area (TPSA) is 58.7 Å². The van der Waals surface area contributed by atoms with Crippen LogP contribution in [-0.2, 0) is 4.79 Å². The summed E-state index contributed by atoms with van der Waals surface area (Å²) in [7, 11) is 0. The molecule has 1 amide bonds. The number of para-hydroxylation sites is 1. The Morgan fingerprint density at radius 2 is 1.93 bits per heavy atom. The van der Waals surface area contributed by atoms with E-state index < -0.39 is 0 Å². The van der Waals surface area contributed by atoms with Crippen LogP contribution in [0.2, 0.25) is 0 Å². The van der Waals surface area contributed by atoms with Gasteiger partial charge in [-0.05, 0) is 12.1 Å². The summed E-state index contributed by atoms with van der Waals surface area (Å²) >= 11 is 4.79. The number of nitrogens with two attached hydrogens (primary N) is 1. The molecule has 2 N–H and O–H groups in total. The maximum absolute atomic E-state index is 11.5. The highest BCUT2D eigenvalue weighted by Gasteiger charge is 2.29. The molecule has 14 heavy (non-hydrogen) atoms. The molecule has 0 saturated carbocycles. The highest BCUT2D eigenvalue weighted by molar-refractivity contribution is 7.84. The molecular weight excluding hydrogens is 198 g/mol. The van der Waals surface area contributed by atoms with E-state index in [-0.39, 0.29) is 16.6 Å². The summed E-state index contributed by atoms with van der Waals surface area (Å²) in [5.74, 6) is -0.238. The molecule has 0 unspecified atom stereocenters. The van der Waals surface area contributed by atoms with E-state index in [1.807, 2.05) is 18.2 Å². The van der Waals surface area contributed by atoms with Gasteiger partial charge in [0.1, 0.15) is 4.86 Å². The minimum absolute atomic E-state index is 0.0776. The fourth-order valence-corrected chi connectivity index (χ4v) is 1.28. The van der Waals surface area contributed by atoms with E-state index in [1.165, 1.54) is 5.01 Å². The minimum atomic E-state index is -0.344. The van der Waals surface area contributed by atoms with E-state index >= 15 is 0 Å². The Labute approximate surface area is 86.0 Å². The van der Waals surface area contributed by atoms with Crippen molar-refractivity contribution in [2.75, 3.05) is 5.01 Å². The third-order valence-electron chi connectivity index (χ3n) is 1.83. The molecule has 0 bridgehead atoms. The van der Waals surface area contributed by atoms with Gasteiger partial charge in [-0.3, -0.25) is 4.79 Å². The van der Waals surface area contributed by atoms with Gasteiger partial charge in [-0.25, -0.2) is 0 Å². The number of hydrogen-bond acceptors (Lipinski definition) is 4. The van der Waals surface area contributed by atoms with E-state index in [4.69, 9.17) is 18.0 Å². The lowest BCUT2D eigenvalue weighted by molar-refractivity contribution is -0.111. The molecule has 1 aliphatic rings. The summed E-state index contributed by atoms with van der Waals surface area (Å²) in [5, 5.41) is 5.06. The smallest absolute Gasteiger partial charge is 0.293 e. The summed E-state index contributed by atoms with van der Waals surface area (Å²) in [4.78, 5) is 11.6. The van der Waals surface area contributed by atoms with Gasteiger partial charge in [-0.2, -0.15) is 5.01 Å². The minimum Gasteiger partial charge on any atom is -0.381 e. The van der Waals surface area contributed by atoms with Crippen molar-refractivity contribution in [3.63, 3.8) is 0 Å². The van der Waals surface area contributed by atoms with Crippen molar-refractivity contribution < 1.29 is 4.79 Å². The van der Waals surface area contributed by atoms with Crippen LogP contribution in [-0.4, -0.2) is 16.6 Å². The summed E-state index contributed by atoms with van der Waals surface area (Å²) < 4.78 is 0. The first-order valence-corrected chi connectivity index (χ1v) is 4.39. The number of carbonyl (C=O) groups excluding carboxylic acids is 1. The molecule has 0 fully saturated rings. The van der Waals surface area contributed by atoms with Crippen LogP contribution in [0.3, 0.4) is 0 Å². The van der Waals surface area contributed by atoms with Crippen molar-refractivity contribution in [2.24, 2.45) is 10.8 Å². The zero-order valence-corrected chi connectivity index (χ0v) is 7.99. The third-order valence-corrected chi connectivity index (χ3v) is 2.21. The Balaban J connectivity index is 2.39. The summed E-state index contributed by atoms with van der Waals surface area (Å²) in [6, 6.07) is 9.02. The molecule has 0 radical (unpaired) electrons. The molecule has 0 aromatic heterocycles. The van der Waals surface area contributed by atoms with Gasteiger partial charge in [0.05, 0.1) is 5.69 Å². The number of amides is 1. The summed E-state index contributed by atoms with van der Waals surface area (Å²) in [5.41, 5.74) is 6.11. The van der Waals surface area contributed by atoms with E-state index in [0.29, 0.717) is 5.69 Å². The lowest BCUT2D eigenvalue weighted by Gasteiger charge is -2.09. The predicted molar refractivity (Wildman–Crippen MR) is 58.1 cm³/mol. The average molecular weight is 205 g/mol. The Bertz CT molecular complexity index is 427. The number of nitrogens with zero attached hydrogens (tertiary/aromatic N) is 2. The van der Waals surface area contributed by atoms with Crippen LogP contribution in [0, 0.1) is 0 Å². The second kappa shape index (κ2) is 3.19. The van der Waals surface area contributed by atoms with Gasteiger partial charge >= 0.3 is 0 Å². The van der Waals surface area contributed by atoms with Crippen LogP contribution < -0.4 is 10.7 Å². The second-order valence-corrected chi connectivity index (χ2v) is 3.18. The van der Waals surface area contributed by atoms with Crippen molar-refractivity contribution in [1.82, 2.24) is 0 Å². The zero-order chi connectivity index (χ0) is 10.1. The maximum atomic E-state index is 11.5. The van der Waals surface area contributed by atoms with Gasteiger partial charge < -0.3 is 5.73 Å². The molecule has 0 atom stereocenters. The molecule has 1 aromatic rings. The fourth-order valence-electron chi connectivity index (χ4n) is 1.15. The molecule has 4 nitrogen and oxygen atoms in total. The Morgan fingerprint density at radius 1 is 1.29 bits per heavy atom. The van der Waals surface area contributed by atoms with Crippen LogP contribution in [0.15, 0.2) is 35.4 Å². The number of rotatable bonds is 1. The fraction of sp³-hybridized carbons (Fsp3) is 0. The van der Waals surface area contributed by atoms with Crippen molar-refractivity contribution >= 4 is 34.5 Å². The normalized spacial score (nSPS) is 16.0. The third kappa shape index (κ3) is 1.27. The van der Waals surface area contributed by atoms with Gasteiger partial charge in [-0.15, -0.1) is 5.10 Å². The first kappa shape index (κ1) is 8.83. The highest BCUT2D eigenvalue weighted by Crippen LogP contribution is 2.17. The predicted octanol–water partition coefficient (Wildman–Crippen LogP) is 0.675. The van der Waals surface area contributed by atoms with Crippen LogP contribution in [0.1, 0.15) is 0 Å². The van der Waals surface area contributed by atoms with Gasteiger partial charge in [0.15, 0.2) is 5.84 Å². The van der Waals surface area contributed by atoms with E-state index in [1.54, 1.807) is 12.1 Å². The van der Waals surface area contributed by atoms with Crippen LogP contribution in [0.4, 0.5) is 5.69 Å². The van der Waals surface area contributed by atoms with Gasteiger partial charge in [-0.1, -0.05) is 30.4 Å². The SMILES string of the molecule is NC1=NN(c2ccccc2)C(=O)C1=S. The van der Waals surface area contributed by atoms with Crippen molar-refractivity contribution in [3.8, 4) is 0 Å². The molecule has 2 rings (SSSR count). The van der Waals surface area contributed by atoms with Crippen molar-refractivity contribution in [1.29, 1.82) is 0 Å². The number of thiocarbonyl (C=S) groups is 1. The number of amidine groups is 1. The number of hydrazone groups is 1. The molecule has 0 spiro atoms. The standard InChI is InChI=1S/C9H7N3OS/c10-8-7(14)9(13)12(11-8)6-4-2-1-3-5-6/h1-5H,(H2,10,11). The molecule has 70 valence electrons. The van der Waals surface area contributed by atoms with Gasteiger partial charge in [0, 0.05) is 0 Å². The maximum Gasteiger partial charge on any atom is 0.293 e. The average Bonchev–Trinajstić information content (AvgIpc) is 2.47. The number of anilines is 1. The molecule has 1 heterocycles. The van der Waals surface area contributed by atoms with Gasteiger partial charge in [0.2, 0.25) is 0 Å². The zero-order valence-electron chi connectivity index (χ0n) is 7.18. The molecule has 0 aliphatic carbocycles. The number of hydrogen-bond donors (Lipinski definition) is 1. The van der Waals surface area contributed by atoms with Crippen LogP contribution >= 0.6 is 12.2 Å². The van der Waals surface area contributed by atoms with Crippen LogP contribution in [0.5, 0.6) is 0 Å². The quantitative estimate of drug-likeness (QED) is 0.686. The number of carbonyl (C=O) groups is 1. The molecule has 5 heteroatoms. The Kier molecular flexibility index (Phi) is 2.01. The van der Waals surface area contributed by atoms with Crippen LogP contribution in [0.25, 0.3) is 0 Å². The van der Waals surface area contributed by atoms with Crippen molar-refractivity contribution in [2.45, 2.75) is 0 Å². The van der Waals surface area contributed by atoms with E-state index in [9.17, 15) is 4.79 Å². The largest absolute Gasteiger partial charge is 0.381 e.